The first-order chi connectivity index (χ1) is 10.8. The van der Waals surface area contributed by atoms with Gasteiger partial charge in [0, 0.05) is 16.9 Å². The van der Waals surface area contributed by atoms with Crippen LogP contribution >= 0.6 is 7.14 Å². The van der Waals surface area contributed by atoms with Gasteiger partial charge in [0.1, 0.15) is 0 Å². The molecule has 2 saturated carbocycles. The van der Waals surface area contributed by atoms with Crippen LogP contribution in [0.2, 0.25) is 0 Å². The van der Waals surface area contributed by atoms with Gasteiger partial charge in [0.2, 0.25) is 0 Å². The van der Waals surface area contributed by atoms with Crippen LogP contribution in [0, 0.1) is 11.6 Å². The molecule has 0 spiro atoms. The summed E-state index contributed by atoms with van der Waals surface area (Å²) in [5.41, 5.74) is 5.12. The summed E-state index contributed by atoms with van der Waals surface area (Å²) in [4.78, 5) is 0. The average Bonchev–Trinajstić information content (AvgIpc) is 2.62. The summed E-state index contributed by atoms with van der Waals surface area (Å²) in [5, 5.41) is 0. The predicted molar refractivity (Wildman–Crippen MR) is 94.7 cm³/mol. The molecule has 2 aliphatic rings. The molecule has 22 heavy (non-hydrogen) atoms. The minimum atomic E-state index is -2.40. The van der Waals surface area contributed by atoms with Crippen LogP contribution in [0.15, 0.2) is 30.3 Å². The first-order valence-corrected chi connectivity index (χ1v) is 10.8. The van der Waals surface area contributed by atoms with E-state index in [-0.39, 0.29) is 0 Å². The Morgan fingerprint density at radius 2 is 1.27 bits per heavy atom. The van der Waals surface area contributed by atoms with Gasteiger partial charge in [0.15, 0.2) is 7.14 Å². The van der Waals surface area contributed by atoms with Gasteiger partial charge < -0.3 is 4.57 Å². The van der Waals surface area contributed by atoms with Gasteiger partial charge in [0.05, 0.1) is 0 Å². The van der Waals surface area contributed by atoms with Gasteiger partial charge in [-0.05, 0) is 43.5 Å². The molecule has 0 aliphatic heterocycles. The molecule has 0 bridgehead atoms. The molecule has 0 N–H and O–H groups in total. The third-order valence-electron chi connectivity index (χ3n) is 5.38. The minimum absolute atomic E-state index is 0.376. The van der Waals surface area contributed by atoms with Gasteiger partial charge in [0.25, 0.3) is 0 Å². The monoisotopic (exact) mass is 314 g/mol. The molecule has 0 aromatic heterocycles. The van der Waals surface area contributed by atoms with Gasteiger partial charge >= 0.3 is 0 Å². The molecule has 2 heteroatoms. The van der Waals surface area contributed by atoms with Crippen molar-refractivity contribution in [3.8, 4) is 11.6 Å². The number of rotatable bonds is 2. The normalized spacial score (nSPS) is 21.1. The minimum Gasteiger partial charge on any atom is -0.309 e. The van der Waals surface area contributed by atoms with Crippen LogP contribution in [0.25, 0.3) is 0 Å². The van der Waals surface area contributed by atoms with Crippen LogP contribution in [-0.2, 0) is 4.57 Å². The molecule has 0 unspecified atom stereocenters. The Labute approximate surface area is 135 Å². The van der Waals surface area contributed by atoms with Crippen molar-refractivity contribution >= 4 is 7.14 Å². The summed E-state index contributed by atoms with van der Waals surface area (Å²) < 4.78 is 13.9. The van der Waals surface area contributed by atoms with Crippen molar-refractivity contribution in [2.45, 2.75) is 75.5 Å². The standard InChI is InChI=1S/C20H27OP/c21-22(19-12-6-2-7-13-19,20-14-8-3-9-15-20)17-16-18-10-4-1-5-11-18/h1,4-5,10-11,19-20H,2-3,6-9,12-15H2. The molecule has 118 valence electrons. The lowest BCUT2D eigenvalue weighted by Gasteiger charge is -2.34. The largest absolute Gasteiger partial charge is 0.309 e. The van der Waals surface area contributed by atoms with E-state index in [0.717, 1.165) is 31.2 Å². The van der Waals surface area contributed by atoms with E-state index in [1.54, 1.807) is 0 Å². The third-order valence-corrected chi connectivity index (χ3v) is 9.05. The number of hydrogen-bond donors (Lipinski definition) is 0. The first kappa shape index (κ1) is 15.9. The highest BCUT2D eigenvalue weighted by Crippen LogP contribution is 2.62. The van der Waals surface area contributed by atoms with Crippen molar-refractivity contribution < 1.29 is 4.57 Å². The number of benzene rings is 1. The maximum absolute atomic E-state index is 13.9. The summed E-state index contributed by atoms with van der Waals surface area (Å²) in [6.07, 6.45) is 12.1. The van der Waals surface area contributed by atoms with Gasteiger partial charge in [-0.1, -0.05) is 62.6 Å². The first-order valence-electron chi connectivity index (χ1n) is 8.97. The van der Waals surface area contributed by atoms with E-state index in [1.807, 2.05) is 30.3 Å². The smallest absolute Gasteiger partial charge is 0.161 e. The van der Waals surface area contributed by atoms with Gasteiger partial charge in [-0.15, -0.1) is 0 Å². The lowest BCUT2D eigenvalue weighted by atomic mass is 9.99. The van der Waals surface area contributed by atoms with Crippen LogP contribution < -0.4 is 0 Å². The van der Waals surface area contributed by atoms with E-state index in [4.69, 9.17) is 0 Å². The Bertz CT molecular complexity index is 547. The fourth-order valence-electron chi connectivity index (χ4n) is 4.08. The molecule has 0 heterocycles. The van der Waals surface area contributed by atoms with Crippen LogP contribution in [-0.4, -0.2) is 11.3 Å². The lowest BCUT2D eigenvalue weighted by molar-refractivity contribution is 0.453. The van der Waals surface area contributed by atoms with Crippen molar-refractivity contribution in [2.24, 2.45) is 0 Å². The second kappa shape index (κ2) is 7.52. The SMILES string of the molecule is O=P(C#Cc1ccccc1)(C1CCCCC1)C1CCCCC1. The molecule has 1 aromatic carbocycles. The van der Waals surface area contributed by atoms with Crippen molar-refractivity contribution in [2.75, 3.05) is 0 Å². The Balaban J connectivity index is 1.88. The molecule has 0 amide bonds. The Morgan fingerprint density at radius 3 is 1.77 bits per heavy atom. The molecule has 1 nitrogen and oxygen atoms in total. The van der Waals surface area contributed by atoms with E-state index in [2.05, 4.69) is 11.6 Å². The van der Waals surface area contributed by atoms with Crippen LogP contribution in [0.5, 0.6) is 0 Å². The summed E-state index contributed by atoms with van der Waals surface area (Å²) in [7, 11) is -2.40. The molecule has 2 fully saturated rings. The molecular formula is C20H27OP. The predicted octanol–water partition coefficient (Wildman–Crippen LogP) is 6.02. The quantitative estimate of drug-likeness (QED) is 0.481. The zero-order valence-electron chi connectivity index (χ0n) is 13.5. The molecule has 0 radical (unpaired) electrons. The third kappa shape index (κ3) is 3.67. The van der Waals surface area contributed by atoms with E-state index in [1.165, 1.54) is 38.5 Å². The summed E-state index contributed by atoms with van der Waals surface area (Å²) in [6, 6.07) is 10.1. The van der Waals surface area contributed by atoms with Gasteiger partial charge in [-0.25, -0.2) is 0 Å². The maximum Gasteiger partial charge on any atom is 0.161 e. The molecule has 1 aromatic rings. The molecule has 2 aliphatic carbocycles. The maximum atomic E-state index is 13.9. The second-order valence-corrected chi connectivity index (χ2v) is 10.00. The van der Waals surface area contributed by atoms with Crippen molar-refractivity contribution in [3.63, 3.8) is 0 Å². The highest BCUT2D eigenvalue weighted by Gasteiger charge is 2.39. The topological polar surface area (TPSA) is 17.1 Å². The fraction of sp³-hybridized carbons (Fsp3) is 0.600. The fourth-order valence-corrected chi connectivity index (χ4v) is 7.61. The van der Waals surface area contributed by atoms with Crippen molar-refractivity contribution in [1.29, 1.82) is 0 Å². The van der Waals surface area contributed by atoms with Crippen LogP contribution in [0.3, 0.4) is 0 Å². The summed E-state index contributed by atoms with van der Waals surface area (Å²) in [6.45, 7) is 0. The Morgan fingerprint density at radius 1 is 0.773 bits per heavy atom. The summed E-state index contributed by atoms with van der Waals surface area (Å²) in [5.74, 6) is 3.27. The van der Waals surface area contributed by atoms with Crippen LogP contribution in [0.1, 0.15) is 69.8 Å². The highest BCUT2D eigenvalue weighted by molar-refractivity contribution is 7.70. The van der Waals surface area contributed by atoms with E-state index in [0.29, 0.717) is 11.3 Å². The zero-order chi connectivity index (χ0) is 15.3. The Kier molecular flexibility index (Phi) is 5.43. The van der Waals surface area contributed by atoms with Crippen molar-refractivity contribution in [3.05, 3.63) is 35.9 Å². The van der Waals surface area contributed by atoms with E-state index in [9.17, 15) is 4.57 Å². The molecule has 3 rings (SSSR count). The molecule has 0 saturated heterocycles. The van der Waals surface area contributed by atoms with Gasteiger partial charge in [-0.3, -0.25) is 0 Å². The zero-order valence-corrected chi connectivity index (χ0v) is 14.4. The second-order valence-electron chi connectivity index (χ2n) is 6.90. The van der Waals surface area contributed by atoms with E-state index < -0.39 is 7.14 Å². The number of hydrogen-bond acceptors (Lipinski definition) is 1. The van der Waals surface area contributed by atoms with E-state index >= 15 is 0 Å². The van der Waals surface area contributed by atoms with Crippen molar-refractivity contribution in [1.82, 2.24) is 0 Å². The summed E-state index contributed by atoms with van der Waals surface area (Å²) >= 11 is 0. The lowest BCUT2D eigenvalue weighted by Crippen LogP contribution is -2.22. The Hall–Kier alpha value is -0.990. The highest BCUT2D eigenvalue weighted by atomic mass is 31.2. The average molecular weight is 314 g/mol. The molecule has 0 atom stereocenters. The van der Waals surface area contributed by atoms with Crippen LogP contribution in [0.4, 0.5) is 0 Å². The molecular weight excluding hydrogens is 287 g/mol. The van der Waals surface area contributed by atoms with Gasteiger partial charge in [-0.2, -0.15) is 0 Å².